The Labute approximate surface area is 163 Å². The predicted octanol–water partition coefficient (Wildman–Crippen LogP) is 6.57. The number of rotatable bonds is 18. The highest BCUT2D eigenvalue weighted by Gasteiger charge is 2.14. The molecule has 0 aliphatic rings. The molecule has 0 saturated heterocycles. The van der Waals surface area contributed by atoms with Gasteiger partial charge in [0.2, 0.25) is 5.91 Å². The summed E-state index contributed by atoms with van der Waals surface area (Å²) in [6.45, 7) is 10.8. The number of unbranched alkanes of at least 4 members (excludes halogenated alkanes) is 10. The van der Waals surface area contributed by atoms with E-state index in [0.717, 1.165) is 31.5 Å². The van der Waals surface area contributed by atoms with E-state index in [9.17, 15) is 4.79 Å². The lowest BCUT2D eigenvalue weighted by Crippen LogP contribution is -2.29. The lowest BCUT2D eigenvalue weighted by Gasteiger charge is -2.29. The molecule has 3 nitrogen and oxygen atoms in total. The zero-order chi connectivity index (χ0) is 19.6. The lowest BCUT2D eigenvalue weighted by molar-refractivity contribution is -0.114. The van der Waals surface area contributed by atoms with E-state index in [1.807, 2.05) is 6.92 Å². The molecule has 0 unspecified atom stereocenters. The van der Waals surface area contributed by atoms with Crippen LogP contribution in [0.3, 0.4) is 0 Å². The third-order valence-electron chi connectivity index (χ3n) is 5.23. The molecule has 0 aromatic carbocycles. The fourth-order valence-corrected chi connectivity index (χ4v) is 3.51. The molecule has 2 N–H and O–H groups in total. The summed E-state index contributed by atoms with van der Waals surface area (Å²) in [5.41, 5.74) is 7.56. The molecule has 0 rings (SSSR count). The van der Waals surface area contributed by atoms with E-state index in [0.29, 0.717) is 0 Å². The van der Waals surface area contributed by atoms with Crippen LogP contribution in [0, 0.1) is 0 Å². The molecule has 0 atom stereocenters. The van der Waals surface area contributed by atoms with Crippen molar-refractivity contribution in [2.24, 2.45) is 5.73 Å². The number of carbonyl (C=O) groups is 1. The highest BCUT2D eigenvalue weighted by molar-refractivity contribution is 5.91. The standard InChI is InChI=1S/C23H46N2O/c1-5-8-10-12-14-16-19-25(20-17-15-13-11-9-6-2)22(18-7-3)21(4)23(24)26/h5-20H2,1-4H3,(H2,24,26)/b22-21+. The molecular formula is C23H46N2O. The topological polar surface area (TPSA) is 46.3 Å². The summed E-state index contributed by atoms with van der Waals surface area (Å²) in [6.07, 6.45) is 17.7. The fraction of sp³-hybridized carbons (Fsp3) is 0.870. The van der Waals surface area contributed by atoms with Gasteiger partial charge in [0.05, 0.1) is 0 Å². The Bertz CT molecular complexity index is 360. The van der Waals surface area contributed by atoms with E-state index in [-0.39, 0.29) is 5.91 Å². The maximum atomic E-state index is 11.8. The summed E-state index contributed by atoms with van der Waals surface area (Å²) >= 11 is 0. The smallest absolute Gasteiger partial charge is 0.246 e. The summed E-state index contributed by atoms with van der Waals surface area (Å²) in [7, 11) is 0. The SMILES string of the molecule is CCCCCCCCN(CCCCCCCC)/C(CCC)=C(\C)C(N)=O. The quantitative estimate of drug-likeness (QED) is 0.220. The highest BCUT2D eigenvalue weighted by atomic mass is 16.1. The third kappa shape index (κ3) is 12.4. The number of amides is 1. The zero-order valence-electron chi connectivity index (χ0n) is 18.2. The van der Waals surface area contributed by atoms with Crippen LogP contribution in [0.4, 0.5) is 0 Å². The van der Waals surface area contributed by atoms with Crippen molar-refractivity contribution in [3.63, 3.8) is 0 Å². The molecule has 0 aliphatic heterocycles. The third-order valence-corrected chi connectivity index (χ3v) is 5.23. The Morgan fingerprint density at radius 3 is 1.50 bits per heavy atom. The van der Waals surface area contributed by atoms with Crippen molar-refractivity contribution in [2.45, 2.75) is 118 Å². The van der Waals surface area contributed by atoms with Crippen LogP contribution in [0.5, 0.6) is 0 Å². The van der Waals surface area contributed by atoms with Gasteiger partial charge in [-0.25, -0.2) is 0 Å². The normalized spacial score (nSPS) is 12.2. The minimum absolute atomic E-state index is 0.260. The van der Waals surface area contributed by atoms with Crippen molar-refractivity contribution in [1.29, 1.82) is 0 Å². The first-order valence-electron chi connectivity index (χ1n) is 11.3. The van der Waals surface area contributed by atoms with Crippen LogP contribution in [0.25, 0.3) is 0 Å². The number of hydrogen-bond acceptors (Lipinski definition) is 2. The first-order chi connectivity index (χ1) is 12.6. The second-order valence-electron chi connectivity index (χ2n) is 7.71. The van der Waals surface area contributed by atoms with Crippen molar-refractivity contribution in [2.75, 3.05) is 13.1 Å². The molecule has 0 aromatic heterocycles. The van der Waals surface area contributed by atoms with Crippen LogP contribution in [0.15, 0.2) is 11.3 Å². The molecule has 0 heterocycles. The highest BCUT2D eigenvalue weighted by Crippen LogP contribution is 2.19. The summed E-state index contributed by atoms with van der Waals surface area (Å²) in [5.74, 6) is -0.260. The predicted molar refractivity (Wildman–Crippen MR) is 115 cm³/mol. The summed E-state index contributed by atoms with van der Waals surface area (Å²) in [6, 6.07) is 0. The van der Waals surface area contributed by atoms with Gasteiger partial charge in [0.15, 0.2) is 0 Å². The van der Waals surface area contributed by atoms with E-state index in [1.165, 1.54) is 82.7 Å². The Hall–Kier alpha value is -0.990. The first kappa shape index (κ1) is 25.0. The van der Waals surface area contributed by atoms with Crippen LogP contribution >= 0.6 is 0 Å². The Balaban J connectivity index is 4.63. The number of carbonyl (C=O) groups excluding carboxylic acids is 1. The Morgan fingerprint density at radius 1 is 0.692 bits per heavy atom. The monoisotopic (exact) mass is 366 g/mol. The summed E-state index contributed by atoms with van der Waals surface area (Å²) < 4.78 is 0. The number of hydrogen-bond donors (Lipinski definition) is 1. The van der Waals surface area contributed by atoms with Crippen LogP contribution in [0.1, 0.15) is 118 Å². The molecule has 154 valence electrons. The number of primary amides is 1. The average molecular weight is 367 g/mol. The van der Waals surface area contributed by atoms with Crippen molar-refractivity contribution < 1.29 is 4.79 Å². The Morgan fingerprint density at radius 2 is 1.12 bits per heavy atom. The Kier molecular flexibility index (Phi) is 16.8. The summed E-state index contributed by atoms with van der Waals surface area (Å²) in [5, 5.41) is 0. The average Bonchev–Trinajstić information content (AvgIpc) is 2.63. The largest absolute Gasteiger partial charge is 0.374 e. The molecule has 0 radical (unpaired) electrons. The molecule has 0 spiro atoms. The van der Waals surface area contributed by atoms with Crippen molar-refractivity contribution in [3.8, 4) is 0 Å². The number of allylic oxidation sites excluding steroid dienone is 1. The number of nitrogens with two attached hydrogens (primary N) is 1. The molecule has 3 heteroatoms. The van der Waals surface area contributed by atoms with Crippen molar-refractivity contribution >= 4 is 5.91 Å². The van der Waals surface area contributed by atoms with Gasteiger partial charge in [-0.2, -0.15) is 0 Å². The molecule has 1 amide bonds. The molecule has 26 heavy (non-hydrogen) atoms. The fourth-order valence-electron chi connectivity index (χ4n) is 3.51. The van der Waals surface area contributed by atoms with E-state index < -0.39 is 0 Å². The van der Waals surface area contributed by atoms with Gasteiger partial charge >= 0.3 is 0 Å². The van der Waals surface area contributed by atoms with Crippen LogP contribution in [-0.4, -0.2) is 23.9 Å². The van der Waals surface area contributed by atoms with E-state index >= 15 is 0 Å². The minimum Gasteiger partial charge on any atom is -0.374 e. The van der Waals surface area contributed by atoms with Crippen molar-refractivity contribution in [1.82, 2.24) is 4.90 Å². The van der Waals surface area contributed by atoms with Gasteiger partial charge in [0, 0.05) is 24.4 Å². The van der Waals surface area contributed by atoms with Gasteiger partial charge in [-0.15, -0.1) is 0 Å². The first-order valence-corrected chi connectivity index (χ1v) is 11.3. The minimum atomic E-state index is -0.260. The molecule has 0 fully saturated rings. The molecule has 0 saturated carbocycles. The summed E-state index contributed by atoms with van der Waals surface area (Å²) in [4.78, 5) is 14.2. The number of nitrogens with zero attached hydrogens (tertiary/aromatic N) is 1. The van der Waals surface area contributed by atoms with Gasteiger partial charge < -0.3 is 10.6 Å². The maximum absolute atomic E-state index is 11.8. The molecule has 0 aliphatic carbocycles. The second kappa shape index (κ2) is 17.4. The molecule has 0 aromatic rings. The van der Waals surface area contributed by atoms with Crippen LogP contribution in [0.2, 0.25) is 0 Å². The van der Waals surface area contributed by atoms with Crippen molar-refractivity contribution in [3.05, 3.63) is 11.3 Å². The van der Waals surface area contributed by atoms with E-state index in [1.54, 1.807) is 0 Å². The van der Waals surface area contributed by atoms with Gasteiger partial charge in [0.1, 0.15) is 0 Å². The van der Waals surface area contributed by atoms with Crippen LogP contribution < -0.4 is 5.73 Å². The van der Waals surface area contributed by atoms with E-state index in [4.69, 9.17) is 5.73 Å². The maximum Gasteiger partial charge on any atom is 0.246 e. The van der Waals surface area contributed by atoms with Crippen LogP contribution in [-0.2, 0) is 4.79 Å². The van der Waals surface area contributed by atoms with Gasteiger partial charge in [-0.3, -0.25) is 4.79 Å². The molecular weight excluding hydrogens is 320 g/mol. The zero-order valence-corrected chi connectivity index (χ0v) is 18.2. The lowest BCUT2D eigenvalue weighted by atomic mass is 10.1. The van der Waals surface area contributed by atoms with E-state index in [2.05, 4.69) is 25.7 Å². The van der Waals surface area contributed by atoms with Gasteiger partial charge in [0.25, 0.3) is 0 Å². The molecule has 0 bridgehead atoms. The second-order valence-corrected chi connectivity index (χ2v) is 7.71. The van der Waals surface area contributed by atoms with Gasteiger partial charge in [-0.05, 0) is 26.2 Å². The van der Waals surface area contributed by atoms with Gasteiger partial charge in [-0.1, -0.05) is 91.4 Å².